The van der Waals surface area contributed by atoms with Crippen LogP contribution in [-0.4, -0.2) is 41.5 Å². The molecule has 162 valence electrons. The maximum absolute atomic E-state index is 12.9. The fourth-order valence-corrected chi connectivity index (χ4v) is 4.30. The molecule has 2 aliphatic rings. The number of anilines is 1. The molecule has 4 amide bonds. The molecule has 0 bridgehead atoms. The molecule has 1 fully saturated rings. The summed E-state index contributed by atoms with van der Waals surface area (Å²) < 4.78 is 0. The second-order valence-corrected chi connectivity index (χ2v) is 8.58. The quantitative estimate of drug-likeness (QED) is 0.704. The Morgan fingerprint density at radius 3 is 2.71 bits per heavy atom. The molecule has 0 unspecified atom stereocenters. The minimum Gasteiger partial charge on any atom is -0.362 e. The van der Waals surface area contributed by atoms with Crippen LogP contribution in [0.1, 0.15) is 36.5 Å². The number of fused-ring (bicyclic) bond motifs is 1. The fourth-order valence-electron chi connectivity index (χ4n) is 4.30. The molecule has 2 aliphatic heterocycles. The highest BCUT2D eigenvalue weighted by atomic mass is 16.2. The lowest BCUT2D eigenvalue weighted by atomic mass is 9.93. The lowest BCUT2D eigenvalue weighted by Gasteiger charge is -2.31. The zero-order chi connectivity index (χ0) is 22.0. The van der Waals surface area contributed by atoms with Crippen LogP contribution in [0.5, 0.6) is 0 Å². The summed E-state index contributed by atoms with van der Waals surface area (Å²) in [7, 11) is 0. The van der Waals surface area contributed by atoms with Gasteiger partial charge in [-0.2, -0.15) is 5.01 Å². The van der Waals surface area contributed by atoms with Crippen LogP contribution in [-0.2, 0) is 22.4 Å². The van der Waals surface area contributed by atoms with Crippen LogP contribution in [0.3, 0.4) is 0 Å². The molecule has 2 N–H and O–H groups in total. The number of hydrogen-bond acceptors (Lipinski definition) is 4. The van der Waals surface area contributed by atoms with E-state index in [-0.39, 0.29) is 12.5 Å². The zero-order valence-electron chi connectivity index (χ0n) is 18.0. The number of hydrazine groups is 1. The Morgan fingerprint density at radius 2 is 1.94 bits per heavy atom. The fraction of sp³-hybridized carbons (Fsp3) is 0.375. The summed E-state index contributed by atoms with van der Waals surface area (Å²) in [5, 5.41) is 3.57. The Bertz CT molecular complexity index is 1010. The normalized spacial score (nSPS) is 20.5. The number of carbonyl (C=O) groups excluding carboxylic acids is 3. The minimum absolute atomic E-state index is 0.0911. The van der Waals surface area contributed by atoms with Crippen molar-refractivity contribution in [3.8, 4) is 0 Å². The maximum atomic E-state index is 12.9. The van der Waals surface area contributed by atoms with E-state index in [0.717, 1.165) is 35.6 Å². The number of urea groups is 1. The summed E-state index contributed by atoms with van der Waals surface area (Å²) in [6, 6.07) is 15.4. The number of amides is 4. The van der Waals surface area contributed by atoms with Crippen LogP contribution in [0, 0.1) is 6.92 Å². The zero-order valence-corrected chi connectivity index (χ0v) is 18.0. The van der Waals surface area contributed by atoms with Crippen molar-refractivity contribution in [2.45, 2.75) is 45.1 Å². The molecular weight excluding hydrogens is 392 g/mol. The standard InChI is InChI=1S/C24H28N4O3/c1-17-10-11-20-19(15-17)9-6-14-27(20)16-21(29)26-28-22(30)24(2,25-23(28)31)13-12-18-7-4-3-5-8-18/h3-5,7-8,10-11,15H,6,9,12-14,16H2,1-2H3,(H,25,31)(H,26,29)/t24-/m0/s1. The van der Waals surface area contributed by atoms with Gasteiger partial charge in [-0.05, 0) is 56.7 Å². The molecule has 0 spiro atoms. The molecule has 7 heteroatoms. The second-order valence-electron chi connectivity index (χ2n) is 8.58. The van der Waals surface area contributed by atoms with Crippen LogP contribution in [0.15, 0.2) is 48.5 Å². The summed E-state index contributed by atoms with van der Waals surface area (Å²) in [6.45, 7) is 4.61. The number of aryl methyl sites for hydroxylation is 3. The number of imide groups is 1. The van der Waals surface area contributed by atoms with Crippen molar-refractivity contribution in [1.29, 1.82) is 0 Å². The van der Waals surface area contributed by atoms with Gasteiger partial charge in [-0.1, -0.05) is 48.0 Å². The van der Waals surface area contributed by atoms with Gasteiger partial charge in [0.05, 0.1) is 6.54 Å². The Morgan fingerprint density at radius 1 is 1.16 bits per heavy atom. The van der Waals surface area contributed by atoms with Crippen molar-refractivity contribution in [1.82, 2.24) is 15.8 Å². The number of nitrogens with one attached hydrogen (secondary N) is 2. The first-order valence-corrected chi connectivity index (χ1v) is 10.7. The third-order valence-corrected chi connectivity index (χ3v) is 6.04. The van der Waals surface area contributed by atoms with Gasteiger partial charge in [-0.3, -0.25) is 15.0 Å². The topological polar surface area (TPSA) is 81.8 Å². The smallest absolute Gasteiger partial charge is 0.344 e. The van der Waals surface area contributed by atoms with Crippen molar-refractivity contribution in [3.63, 3.8) is 0 Å². The molecule has 0 radical (unpaired) electrons. The first-order valence-electron chi connectivity index (χ1n) is 10.7. The Labute approximate surface area is 182 Å². The SMILES string of the molecule is Cc1ccc2c(c1)CCCN2CC(=O)NN1C(=O)N[C@@](C)(CCc2ccccc2)C1=O. The highest BCUT2D eigenvalue weighted by Crippen LogP contribution is 2.28. The van der Waals surface area contributed by atoms with Gasteiger partial charge in [0.15, 0.2) is 0 Å². The molecule has 0 aromatic heterocycles. The maximum Gasteiger partial charge on any atom is 0.344 e. The van der Waals surface area contributed by atoms with Gasteiger partial charge in [-0.15, -0.1) is 0 Å². The minimum atomic E-state index is -1.05. The van der Waals surface area contributed by atoms with Crippen molar-refractivity contribution in [2.24, 2.45) is 0 Å². The number of rotatable bonds is 6. The number of benzene rings is 2. The molecule has 2 heterocycles. The van der Waals surface area contributed by atoms with Gasteiger partial charge in [-0.25, -0.2) is 4.79 Å². The Balaban J connectivity index is 1.38. The van der Waals surface area contributed by atoms with Gasteiger partial charge in [0.1, 0.15) is 5.54 Å². The molecule has 0 aliphatic carbocycles. The largest absolute Gasteiger partial charge is 0.362 e. The summed E-state index contributed by atoms with van der Waals surface area (Å²) >= 11 is 0. The number of hydrogen-bond donors (Lipinski definition) is 2. The van der Waals surface area contributed by atoms with E-state index < -0.39 is 17.5 Å². The van der Waals surface area contributed by atoms with Crippen LogP contribution < -0.4 is 15.6 Å². The summed E-state index contributed by atoms with van der Waals surface area (Å²) in [4.78, 5) is 40.1. The van der Waals surface area contributed by atoms with Crippen LogP contribution >= 0.6 is 0 Å². The molecule has 7 nitrogen and oxygen atoms in total. The van der Waals surface area contributed by atoms with E-state index in [2.05, 4.69) is 23.7 Å². The van der Waals surface area contributed by atoms with Gasteiger partial charge < -0.3 is 10.2 Å². The first-order chi connectivity index (χ1) is 14.9. The third kappa shape index (κ3) is 4.40. The lowest BCUT2D eigenvalue weighted by Crippen LogP contribution is -2.51. The Kier molecular flexibility index (Phi) is 5.67. The van der Waals surface area contributed by atoms with E-state index in [1.807, 2.05) is 47.4 Å². The predicted molar refractivity (Wildman–Crippen MR) is 118 cm³/mol. The van der Waals surface area contributed by atoms with E-state index in [0.29, 0.717) is 12.8 Å². The van der Waals surface area contributed by atoms with Crippen LogP contribution in [0.4, 0.5) is 10.5 Å². The lowest BCUT2D eigenvalue weighted by molar-refractivity contribution is -0.138. The molecular formula is C24H28N4O3. The van der Waals surface area contributed by atoms with E-state index in [1.54, 1.807) is 6.92 Å². The summed E-state index contributed by atoms with van der Waals surface area (Å²) in [5.41, 5.74) is 6.01. The van der Waals surface area contributed by atoms with Crippen LogP contribution in [0.2, 0.25) is 0 Å². The van der Waals surface area contributed by atoms with Gasteiger partial charge in [0, 0.05) is 12.2 Å². The van der Waals surface area contributed by atoms with E-state index in [9.17, 15) is 14.4 Å². The second kappa shape index (κ2) is 8.41. The molecule has 31 heavy (non-hydrogen) atoms. The van der Waals surface area contributed by atoms with Gasteiger partial charge >= 0.3 is 6.03 Å². The van der Waals surface area contributed by atoms with E-state index in [4.69, 9.17) is 0 Å². The molecule has 2 aromatic rings. The Hall–Kier alpha value is -3.35. The monoisotopic (exact) mass is 420 g/mol. The predicted octanol–water partition coefficient (Wildman–Crippen LogP) is 2.72. The third-order valence-electron chi connectivity index (χ3n) is 6.04. The van der Waals surface area contributed by atoms with Gasteiger partial charge in [0.2, 0.25) is 0 Å². The highest BCUT2D eigenvalue weighted by molar-refractivity contribution is 6.07. The van der Waals surface area contributed by atoms with Crippen molar-refractivity contribution < 1.29 is 14.4 Å². The van der Waals surface area contributed by atoms with Crippen molar-refractivity contribution in [3.05, 3.63) is 65.2 Å². The average molecular weight is 421 g/mol. The molecule has 1 saturated heterocycles. The highest BCUT2D eigenvalue weighted by Gasteiger charge is 2.48. The number of carbonyl (C=O) groups is 3. The molecule has 4 rings (SSSR count). The van der Waals surface area contributed by atoms with Crippen LogP contribution in [0.25, 0.3) is 0 Å². The van der Waals surface area contributed by atoms with E-state index >= 15 is 0 Å². The number of nitrogens with zero attached hydrogens (tertiary/aromatic N) is 2. The summed E-state index contributed by atoms with van der Waals surface area (Å²) in [6.07, 6.45) is 3.05. The summed E-state index contributed by atoms with van der Waals surface area (Å²) in [5.74, 6) is -0.819. The van der Waals surface area contributed by atoms with Crippen molar-refractivity contribution in [2.75, 3.05) is 18.0 Å². The first kappa shape index (κ1) is 20.9. The molecule has 1 atom stereocenters. The van der Waals surface area contributed by atoms with Gasteiger partial charge in [0.25, 0.3) is 11.8 Å². The van der Waals surface area contributed by atoms with E-state index in [1.165, 1.54) is 11.1 Å². The average Bonchev–Trinajstić information content (AvgIpc) is 2.96. The van der Waals surface area contributed by atoms with Crippen molar-refractivity contribution >= 4 is 23.5 Å². The molecule has 0 saturated carbocycles. The molecule has 2 aromatic carbocycles.